The largest absolute Gasteiger partial charge is 0.465 e. The zero-order valence-corrected chi connectivity index (χ0v) is 16.3. The number of carbonyl (C=O) groups is 2. The molecule has 1 heterocycles. The van der Waals surface area contributed by atoms with Gasteiger partial charge in [-0.3, -0.25) is 9.36 Å². The minimum atomic E-state index is -0.435. The molecule has 0 spiro atoms. The van der Waals surface area contributed by atoms with E-state index >= 15 is 0 Å². The number of nitrogens with zero attached hydrogens (tertiary/aromatic N) is 1. The molecule has 1 aromatic heterocycles. The van der Waals surface area contributed by atoms with Crippen molar-refractivity contribution in [2.45, 2.75) is 39.0 Å². The molecule has 0 radical (unpaired) electrons. The van der Waals surface area contributed by atoms with Crippen molar-refractivity contribution in [3.63, 3.8) is 0 Å². The third kappa shape index (κ3) is 3.95. The molecule has 27 heavy (non-hydrogen) atoms. The summed E-state index contributed by atoms with van der Waals surface area (Å²) in [4.78, 5) is 24.8. The summed E-state index contributed by atoms with van der Waals surface area (Å²) in [6.07, 6.45) is 2.61. The van der Waals surface area contributed by atoms with Crippen molar-refractivity contribution in [3.05, 3.63) is 71.4 Å². The van der Waals surface area contributed by atoms with Gasteiger partial charge in [0.2, 0.25) is 5.91 Å². The number of rotatable bonds is 4. The molecular weight excluding hydrogens is 338 g/mol. The van der Waals surface area contributed by atoms with E-state index < -0.39 is 5.97 Å². The van der Waals surface area contributed by atoms with Crippen molar-refractivity contribution in [2.75, 3.05) is 7.11 Å². The summed E-state index contributed by atoms with van der Waals surface area (Å²) in [6.45, 7) is 6.55. The zero-order valence-electron chi connectivity index (χ0n) is 16.3. The second-order valence-electron chi connectivity index (χ2n) is 7.76. The van der Waals surface area contributed by atoms with Crippen LogP contribution in [0.25, 0.3) is 10.9 Å². The summed E-state index contributed by atoms with van der Waals surface area (Å²) in [5.41, 5.74) is 3.66. The molecule has 3 rings (SSSR count). The monoisotopic (exact) mass is 363 g/mol. The first kappa shape index (κ1) is 18.9. The van der Waals surface area contributed by atoms with Crippen LogP contribution < -0.4 is 0 Å². The van der Waals surface area contributed by atoms with Crippen LogP contribution in [0.3, 0.4) is 0 Å². The number of benzene rings is 2. The van der Waals surface area contributed by atoms with Crippen LogP contribution in [0.15, 0.2) is 54.7 Å². The van der Waals surface area contributed by atoms with Gasteiger partial charge in [0.25, 0.3) is 0 Å². The van der Waals surface area contributed by atoms with E-state index in [9.17, 15) is 9.59 Å². The maximum absolute atomic E-state index is 12.8. The van der Waals surface area contributed by atoms with Crippen LogP contribution in [0, 0.1) is 0 Å². The van der Waals surface area contributed by atoms with E-state index in [1.54, 1.807) is 10.8 Å². The fourth-order valence-electron chi connectivity index (χ4n) is 3.20. The average Bonchev–Trinajstić information content (AvgIpc) is 3.05. The standard InChI is InChI=1S/C23H25NO3/c1-23(2,3)17-12-9-16(10-13-17)11-14-21(25)24-15-19(22(26)27-4)18-7-5-6-8-20(18)24/h5-10,12-13,15H,11,14H2,1-4H3. The first-order valence-corrected chi connectivity index (χ1v) is 9.12. The minimum absolute atomic E-state index is 0.0405. The maximum Gasteiger partial charge on any atom is 0.340 e. The van der Waals surface area contributed by atoms with Crippen LogP contribution in [-0.2, 0) is 16.6 Å². The smallest absolute Gasteiger partial charge is 0.340 e. The third-order valence-electron chi connectivity index (χ3n) is 4.83. The predicted octanol–water partition coefficient (Wildman–Crippen LogP) is 5.00. The van der Waals surface area contributed by atoms with E-state index in [0.717, 1.165) is 16.5 Å². The number of hydrogen-bond acceptors (Lipinski definition) is 3. The predicted molar refractivity (Wildman–Crippen MR) is 107 cm³/mol. The van der Waals surface area contributed by atoms with E-state index in [1.807, 2.05) is 24.3 Å². The zero-order chi connectivity index (χ0) is 19.6. The molecule has 0 atom stereocenters. The highest BCUT2D eigenvalue weighted by Crippen LogP contribution is 2.24. The number of para-hydroxylation sites is 1. The molecule has 4 nitrogen and oxygen atoms in total. The number of fused-ring (bicyclic) bond motifs is 1. The van der Waals surface area contributed by atoms with Crippen LogP contribution in [0.2, 0.25) is 0 Å². The van der Waals surface area contributed by atoms with Gasteiger partial charge in [0.1, 0.15) is 0 Å². The Kier molecular flexibility index (Phi) is 5.17. The molecule has 0 unspecified atom stereocenters. The van der Waals surface area contributed by atoms with Gasteiger partial charge in [-0.05, 0) is 29.0 Å². The van der Waals surface area contributed by atoms with Gasteiger partial charge >= 0.3 is 5.97 Å². The number of methoxy groups -OCH3 is 1. The molecule has 0 saturated carbocycles. The molecule has 3 aromatic rings. The Hall–Kier alpha value is -2.88. The molecule has 2 aromatic carbocycles. The number of aromatic nitrogens is 1. The molecule has 0 N–H and O–H groups in total. The lowest BCUT2D eigenvalue weighted by Gasteiger charge is -2.19. The number of esters is 1. The van der Waals surface area contributed by atoms with Gasteiger partial charge in [0.15, 0.2) is 0 Å². The fourth-order valence-corrected chi connectivity index (χ4v) is 3.20. The molecule has 0 aliphatic carbocycles. The van der Waals surface area contributed by atoms with Gasteiger partial charge in [0.05, 0.1) is 18.2 Å². The van der Waals surface area contributed by atoms with E-state index in [4.69, 9.17) is 4.74 Å². The minimum Gasteiger partial charge on any atom is -0.465 e. The highest BCUT2D eigenvalue weighted by molar-refractivity contribution is 6.07. The number of ether oxygens (including phenoxy) is 1. The Balaban J connectivity index is 1.80. The molecule has 4 heteroatoms. The summed E-state index contributed by atoms with van der Waals surface area (Å²) in [5, 5.41) is 0.729. The lowest BCUT2D eigenvalue weighted by Crippen LogP contribution is -2.12. The number of hydrogen-bond donors (Lipinski definition) is 0. The number of aryl methyl sites for hydroxylation is 1. The fraction of sp³-hybridized carbons (Fsp3) is 0.304. The molecule has 0 aliphatic heterocycles. The van der Waals surface area contributed by atoms with Crippen molar-refractivity contribution in [3.8, 4) is 0 Å². The van der Waals surface area contributed by atoms with Gasteiger partial charge in [0, 0.05) is 18.0 Å². The Labute approximate surface area is 159 Å². The molecule has 0 bridgehead atoms. The Morgan fingerprint density at radius 2 is 1.67 bits per heavy atom. The van der Waals surface area contributed by atoms with Crippen LogP contribution in [0.1, 0.15) is 53.5 Å². The highest BCUT2D eigenvalue weighted by Gasteiger charge is 2.18. The van der Waals surface area contributed by atoms with Crippen molar-refractivity contribution in [1.82, 2.24) is 4.57 Å². The van der Waals surface area contributed by atoms with E-state index in [1.165, 1.54) is 12.7 Å². The average molecular weight is 363 g/mol. The second kappa shape index (κ2) is 7.39. The van der Waals surface area contributed by atoms with E-state index in [0.29, 0.717) is 18.4 Å². The van der Waals surface area contributed by atoms with Gasteiger partial charge in [-0.2, -0.15) is 0 Å². The van der Waals surface area contributed by atoms with E-state index in [-0.39, 0.29) is 11.3 Å². The van der Waals surface area contributed by atoms with Crippen molar-refractivity contribution in [1.29, 1.82) is 0 Å². The summed E-state index contributed by atoms with van der Waals surface area (Å²) in [7, 11) is 1.34. The van der Waals surface area contributed by atoms with Gasteiger partial charge in [-0.1, -0.05) is 63.2 Å². The first-order valence-electron chi connectivity index (χ1n) is 9.12. The Morgan fingerprint density at radius 3 is 2.30 bits per heavy atom. The summed E-state index contributed by atoms with van der Waals surface area (Å²) >= 11 is 0. The third-order valence-corrected chi connectivity index (χ3v) is 4.83. The Bertz CT molecular complexity index is 975. The van der Waals surface area contributed by atoms with Gasteiger partial charge in [-0.15, -0.1) is 0 Å². The van der Waals surface area contributed by atoms with Gasteiger partial charge in [-0.25, -0.2) is 4.79 Å². The second-order valence-corrected chi connectivity index (χ2v) is 7.76. The SMILES string of the molecule is COC(=O)c1cn(C(=O)CCc2ccc(C(C)(C)C)cc2)c2ccccc12. The quantitative estimate of drug-likeness (QED) is 0.613. The summed E-state index contributed by atoms with van der Waals surface area (Å²) in [6, 6.07) is 15.8. The molecular formula is C23H25NO3. The van der Waals surface area contributed by atoms with Crippen LogP contribution >= 0.6 is 0 Å². The Morgan fingerprint density at radius 1 is 1.00 bits per heavy atom. The normalized spacial score (nSPS) is 11.6. The molecule has 0 fully saturated rings. The highest BCUT2D eigenvalue weighted by atomic mass is 16.5. The first-order chi connectivity index (χ1) is 12.8. The van der Waals surface area contributed by atoms with Crippen molar-refractivity contribution >= 4 is 22.8 Å². The lowest BCUT2D eigenvalue weighted by molar-refractivity contribution is 0.0603. The van der Waals surface area contributed by atoms with Crippen LogP contribution in [-0.4, -0.2) is 23.6 Å². The molecule has 0 saturated heterocycles. The van der Waals surface area contributed by atoms with Crippen LogP contribution in [0.4, 0.5) is 0 Å². The topological polar surface area (TPSA) is 48.3 Å². The van der Waals surface area contributed by atoms with Gasteiger partial charge < -0.3 is 4.74 Å². The summed E-state index contributed by atoms with van der Waals surface area (Å²) < 4.78 is 6.40. The van der Waals surface area contributed by atoms with Crippen molar-refractivity contribution < 1.29 is 14.3 Å². The summed E-state index contributed by atoms with van der Waals surface area (Å²) in [5.74, 6) is -0.475. The molecule has 0 aliphatic rings. The maximum atomic E-state index is 12.8. The lowest BCUT2D eigenvalue weighted by atomic mass is 9.86. The molecule has 140 valence electrons. The molecule has 0 amide bonds. The van der Waals surface area contributed by atoms with Crippen LogP contribution in [0.5, 0.6) is 0 Å². The van der Waals surface area contributed by atoms with E-state index in [2.05, 4.69) is 45.0 Å². The van der Waals surface area contributed by atoms with Crippen molar-refractivity contribution in [2.24, 2.45) is 0 Å². The number of carbonyl (C=O) groups excluding carboxylic acids is 2.